The molecule has 4 rings (SSSR count). The molecule has 1 atom stereocenters. The Morgan fingerprint density at radius 3 is 2.59 bits per heavy atom. The number of thioether (sulfide) groups is 1. The highest BCUT2D eigenvalue weighted by Gasteiger charge is 2.50. The third-order valence-electron chi connectivity index (χ3n) is 4.16. The summed E-state index contributed by atoms with van der Waals surface area (Å²) in [5, 5.41) is 9.88. The van der Waals surface area contributed by atoms with Crippen LogP contribution >= 0.6 is 11.8 Å². The molecule has 2 aliphatic rings. The first-order valence-corrected chi connectivity index (χ1v) is 8.50. The zero-order valence-corrected chi connectivity index (χ0v) is 14.2. The highest BCUT2D eigenvalue weighted by molar-refractivity contribution is 8.00. The summed E-state index contributed by atoms with van der Waals surface area (Å²) < 4.78 is 82.2. The standard InChI is InChI=1S/C17H11F5O4S/c18-16(19)6-9-10(26-8-1-2-11-12(5-8)25-7-24-11)3-4-13(14(9)15(16)23)27-17(20,21)22/h1-5,15,23H,6-7H2/t15-/m0/s1. The van der Waals surface area contributed by atoms with Gasteiger partial charge >= 0.3 is 5.51 Å². The van der Waals surface area contributed by atoms with Crippen LogP contribution in [-0.2, 0) is 6.42 Å². The number of aliphatic hydroxyl groups excluding tert-OH is 1. The molecule has 1 heterocycles. The lowest BCUT2D eigenvalue weighted by molar-refractivity contribution is -0.0977. The Morgan fingerprint density at radius 1 is 1.11 bits per heavy atom. The molecule has 0 amide bonds. The summed E-state index contributed by atoms with van der Waals surface area (Å²) in [6.45, 7) is 0.0377. The van der Waals surface area contributed by atoms with Crippen LogP contribution in [0.2, 0.25) is 0 Å². The topological polar surface area (TPSA) is 47.9 Å². The van der Waals surface area contributed by atoms with E-state index in [9.17, 15) is 27.1 Å². The summed E-state index contributed by atoms with van der Waals surface area (Å²) in [4.78, 5) is -0.472. The van der Waals surface area contributed by atoms with Crippen molar-refractivity contribution in [3.05, 3.63) is 41.5 Å². The maximum atomic E-state index is 14.0. The quantitative estimate of drug-likeness (QED) is 0.572. The molecular formula is C17H11F5O4S. The lowest BCUT2D eigenvalue weighted by Gasteiger charge is -2.17. The van der Waals surface area contributed by atoms with Crippen molar-refractivity contribution in [1.82, 2.24) is 0 Å². The minimum atomic E-state index is -4.68. The van der Waals surface area contributed by atoms with Gasteiger partial charge in [-0.3, -0.25) is 0 Å². The van der Waals surface area contributed by atoms with E-state index in [0.717, 1.165) is 6.07 Å². The second-order valence-electron chi connectivity index (χ2n) is 5.96. The molecule has 0 radical (unpaired) electrons. The molecule has 0 aromatic heterocycles. The Bertz CT molecular complexity index is 900. The Morgan fingerprint density at radius 2 is 1.85 bits per heavy atom. The Hall–Kier alpha value is -2.20. The number of benzene rings is 2. The molecule has 0 unspecified atom stereocenters. The van der Waals surface area contributed by atoms with Crippen LogP contribution in [0.4, 0.5) is 22.0 Å². The fourth-order valence-electron chi connectivity index (χ4n) is 3.03. The Balaban J connectivity index is 1.72. The first-order chi connectivity index (χ1) is 12.6. The molecule has 0 spiro atoms. The number of halogens is 5. The monoisotopic (exact) mass is 406 g/mol. The van der Waals surface area contributed by atoms with E-state index in [0.29, 0.717) is 11.5 Å². The van der Waals surface area contributed by atoms with Gasteiger partial charge in [0.25, 0.3) is 5.92 Å². The third kappa shape index (κ3) is 3.39. The maximum absolute atomic E-state index is 14.0. The molecule has 0 bridgehead atoms. The Labute approximate surface area is 153 Å². The van der Waals surface area contributed by atoms with Gasteiger partial charge in [-0.15, -0.1) is 0 Å². The third-order valence-corrected chi connectivity index (χ3v) is 4.96. The number of fused-ring (bicyclic) bond motifs is 2. The maximum Gasteiger partial charge on any atom is 0.446 e. The summed E-state index contributed by atoms with van der Waals surface area (Å²) in [5.41, 5.74) is -5.29. The molecule has 27 heavy (non-hydrogen) atoms. The number of hydrogen-bond donors (Lipinski definition) is 1. The Kier molecular flexibility index (Phi) is 4.15. The lowest BCUT2D eigenvalue weighted by atomic mass is 10.1. The van der Waals surface area contributed by atoms with Crippen LogP contribution < -0.4 is 14.2 Å². The van der Waals surface area contributed by atoms with E-state index in [1.54, 1.807) is 6.07 Å². The first kappa shape index (κ1) is 18.2. The van der Waals surface area contributed by atoms with Gasteiger partial charge in [-0.05, 0) is 36.0 Å². The predicted octanol–water partition coefficient (Wildman–Crippen LogP) is 5.04. The van der Waals surface area contributed by atoms with Crippen LogP contribution in [-0.4, -0.2) is 23.3 Å². The van der Waals surface area contributed by atoms with Crippen molar-refractivity contribution in [3.63, 3.8) is 0 Å². The van der Waals surface area contributed by atoms with Gasteiger partial charge in [0.15, 0.2) is 11.5 Å². The molecule has 0 saturated heterocycles. The fraction of sp³-hybridized carbons (Fsp3) is 0.294. The highest BCUT2D eigenvalue weighted by atomic mass is 32.2. The zero-order valence-electron chi connectivity index (χ0n) is 13.3. The van der Waals surface area contributed by atoms with Crippen LogP contribution in [0.1, 0.15) is 17.2 Å². The molecule has 10 heteroatoms. The van der Waals surface area contributed by atoms with Crippen molar-refractivity contribution in [2.45, 2.75) is 28.9 Å². The smallest absolute Gasteiger partial charge is 0.446 e. The number of rotatable bonds is 3. The van der Waals surface area contributed by atoms with Gasteiger partial charge in [-0.25, -0.2) is 8.78 Å². The van der Waals surface area contributed by atoms with E-state index in [1.807, 2.05) is 0 Å². The molecule has 0 fully saturated rings. The molecule has 1 aliphatic carbocycles. The van der Waals surface area contributed by atoms with Crippen LogP contribution in [0.5, 0.6) is 23.0 Å². The summed E-state index contributed by atoms with van der Waals surface area (Å²) in [5.74, 6) is -2.50. The SMILES string of the molecule is O[C@H]1c2c(SC(F)(F)F)ccc(Oc3ccc4c(c3)OCO4)c2CC1(F)F. The molecule has 0 saturated carbocycles. The minimum Gasteiger partial charge on any atom is -0.457 e. The number of hydrogen-bond acceptors (Lipinski definition) is 5. The molecule has 1 aliphatic heterocycles. The number of ether oxygens (including phenoxy) is 3. The van der Waals surface area contributed by atoms with Gasteiger partial charge in [0.1, 0.15) is 17.6 Å². The fourth-order valence-corrected chi connectivity index (χ4v) is 3.76. The van der Waals surface area contributed by atoms with E-state index in [4.69, 9.17) is 14.2 Å². The predicted molar refractivity (Wildman–Crippen MR) is 84.6 cm³/mol. The van der Waals surface area contributed by atoms with Crippen molar-refractivity contribution < 1.29 is 41.3 Å². The summed E-state index contributed by atoms with van der Waals surface area (Å²) >= 11 is -0.544. The highest BCUT2D eigenvalue weighted by Crippen LogP contribution is 2.53. The molecule has 1 N–H and O–H groups in total. The summed E-state index contributed by atoms with van der Waals surface area (Å²) in [7, 11) is 0. The van der Waals surface area contributed by atoms with Crippen molar-refractivity contribution in [2.75, 3.05) is 6.79 Å². The average molecular weight is 406 g/mol. The molecule has 4 nitrogen and oxygen atoms in total. The normalized spacial score (nSPS) is 19.9. The van der Waals surface area contributed by atoms with Crippen molar-refractivity contribution in [3.8, 4) is 23.0 Å². The van der Waals surface area contributed by atoms with Gasteiger partial charge in [-0.2, -0.15) is 13.2 Å². The van der Waals surface area contributed by atoms with Crippen LogP contribution in [0, 0.1) is 0 Å². The van der Waals surface area contributed by atoms with E-state index in [2.05, 4.69) is 0 Å². The van der Waals surface area contributed by atoms with E-state index in [1.165, 1.54) is 18.2 Å². The lowest BCUT2D eigenvalue weighted by Crippen LogP contribution is -2.21. The zero-order chi connectivity index (χ0) is 19.4. The molecule has 2 aromatic carbocycles. The van der Waals surface area contributed by atoms with E-state index >= 15 is 0 Å². The van der Waals surface area contributed by atoms with Crippen molar-refractivity contribution >= 4 is 11.8 Å². The van der Waals surface area contributed by atoms with Gasteiger partial charge < -0.3 is 19.3 Å². The molecule has 144 valence electrons. The van der Waals surface area contributed by atoms with Gasteiger partial charge in [-0.1, -0.05) is 0 Å². The second kappa shape index (κ2) is 6.16. The largest absolute Gasteiger partial charge is 0.457 e. The van der Waals surface area contributed by atoms with E-state index < -0.39 is 46.2 Å². The van der Waals surface area contributed by atoms with Crippen LogP contribution in [0.15, 0.2) is 35.2 Å². The first-order valence-electron chi connectivity index (χ1n) is 7.69. The van der Waals surface area contributed by atoms with E-state index in [-0.39, 0.29) is 23.9 Å². The van der Waals surface area contributed by atoms with Gasteiger partial charge in [0.2, 0.25) is 6.79 Å². The van der Waals surface area contributed by atoms with Gasteiger partial charge in [0, 0.05) is 28.5 Å². The average Bonchev–Trinajstić information content (AvgIpc) is 3.11. The minimum absolute atomic E-state index is 0.0377. The summed E-state index contributed by atoms with van der Waals surface area (Å²) in [6.07, 6.45) is -3.26. The molecule has 2 aromatic rings. The molecular weight excluding hydrogens is 395 g/mol. The number of alkyl halides is 5. The van der Waals surface area contributed by atoms with Gasteiger partial charge in [0.05, 0.1) is 0 Å². The van der Waals surface area contributed by atoms with Crippen LogP contribution in [0.25, 0.3) is 0 Å². The second-order valence-corrected chi connectivity index (χ2v) is 7.07. The summed E-state index contributed by atoms with van der Waals surface area (Å²) in [6, 6.07) is 6.77. The number of aliphatic hydroxyl groups is 1. The van der Waals surface area contributed by atoms with Crippen LogP contribution in [0.3, 0.4) is 0 Å². The van der Waals surface area contributed by atoms with Crippen molar-refractivity contribution in [1.29, 1.82) is 0 Å². The van der Waals surface area contributed by atoms with Crippen molar-refractivity contribution in [2.24, 2.45) is 0 Å².